The summed E-state index contributed by atoms with van der Waals surface area (Å²) in [5.41, 5.74) is 4.54. The quantitative estimate of drug-likeness (QED) is 0.243. The van der Waals surface area contributed by atoms with Gasteiger partial charge < -0.3 is 20.7 Å². The van der Waals surface area contributed by atoms with Crippen LogP contribution in [-0.4, -0.2) is 60.9 Å². The first kappa shape index (κ1) is 31.8. The highest BCUT2D eigenvalue weighted by Gasteiger charge is 2.30. The van der Waals surface area contributed by atoms with Crippen LogP contribution in [0.3, 0.4) is 0 Å². The SMILES string of the molecule is CC1CCC(N/C(=C(\CN)C(=O)N(CCOC(C)(C)C)CC(=O)c2c(Cl)cc(Cl)cc2Cl)C(F)F)CC1. The Balaban J connectivity index is 2.37. The molecule has 0 radical (unpaired) electrons. The molecule has 208 valence electrons. The van der Waals surface area contributed by atoms with E-state index in [1.54, 1.807) is 0 Å². The number of benzene rings is 1. The van der Waals surface area contributed by atoms with Gasteiger partial charge in [0.2, 0.25) is 0 Å². The second kappa shape index (κ2) is 14.1. The summed E-state index contributed by atoms with van der Waals surface area (Å²) < 4.78 is 34.1. The molecule has 11 heteroatoms. The Bertz CT molecular complexity index is 968. The van der Waals surface area contributed by atoms with E-state index in [-0.39, 0.29) is 45.4 Å². The van der Waals surface area contributed by atoms with Gasteiger partial charge in [-0.1, -0.05) is 41.7 Å². The fourth-order valence-electron chi connectivity index (χ4n) is 4.18. The van der Waals surface area contributed by atoms with Crippen molar-refractivity contribution in [2.24, 2.45) is 11.7 Å². The molecule has 6 nitrogen and oxygen atoms in total. The number of ketones is 1. The minimum Gasteiger partial charge on any atom is -0.381 e. The lowest BCUT2D eigenvalue weighted by molar-refractivity contribution is -0.128. The van der Waals surface area contributed by atoms with Crippen LogP contribution in [0.1, 0.15) is 63.7 Å². The maximum atomic E-state index is 14.2. The zero-order valence-electron chi connectivity index (χ0n) is 21.7. The van der Waals surface area contributed by atoms with Crippen molar-refractivity contribution in [3.05, 3.63) is 44.0 Å². The van der Waals surface area contributed by atoms with E-state index in [4.69, 9.17) is 45.3 Å². The highest BCUT2D eigenvalue weighted by Crippen LogP contribution is 2.30. The smallest absolute Gasteiger partial charge is 0.278 e. The standard InChI is InChI=1S/C26H36Cl3F2N3O3/c1-15-5-7-17(8-6-15)33-23(24(30)31)18(13-32)25(36)34(9-10-37-26(2,3)4)14-21(35)22-19(28)11-16(27)12-20(22)29/h11-12,15,17,24,33H,5-10,13-14,32H2,1-4H3/b23-18+. The number of carbonyl (C=O) groups is 2. The minimum absolute atomic E-state index is 0.0101. The molecule has 1 aromatic carbocycles. The molecule has 37 heavy (non-hydrogen) atoms. The van der Waals surface area contributed by atoms with Crippen molar-refractivity contribution in [3.63, 3.8) is 0 Å². The van der Waals surface area contributed by atoms with Gasteiger partial charge in [0.25, 0.3) is 12.3 Å². The van der Waals surface area contributed by atoms with E-state index in [9.17, 15) is 18.4 Å². The number of carbonyl (C=O) groups excluding carboxylic acids is 2. The second-order valence-corrected chi connectivity index (χ2v) is 11.6. The molecule has 1 aliphatic rings. The topological polar surface area (TPSA) is 84.7 Å². The number of ether oxygens (including phenoxy) is 1. The number of nitrogens with zero attached hydrogens (tertiary/aromatic N) is 1. The molecule has 1 amide bonds. The number of rotatable bonds is 11. The van der Waals surface area contributed by atoms with Crippen molar-refractivity contribution in [3.8, 4) is 0 Å². The summed E-state index contributed by atoms with van der Waals surface area (Å²) >= 11 is 18.3. The zero-order chi connectivity index (χ0) is 27.9. The Morgan fingerprint density at radius 3 is 2.19 bits per heavy atom. The molecule has 0 spiro atoms. The molecule has 1 fully saturated rings. The van der Waals surface area contributed by atoms with Crippen LogP contribution < -0.4 is 11.1 Å². The van der Waals surface area contributed by atoms with E-state index in [1.165, 1.54) is 12.1 Å². The average molecular weight is 583 g/mol. The van der Waals surface area contributed by atoms with Crippen LogP contribution in [0.2, 0.25) is 15.1 Å². The van der Waals surface area contributed by atoms with Gasteiger partial charge in [-0.15, -0.1) is 0 Å². The number of allylic oxidation sites excluding steroid dienone is 1. The number of hydrogen-bond donors (Lipinski definition) is 2. The minimum atomic E-state index is -2.94. The van der Waals surface area contributed by atoms with Crippen LogP contribution in [0.5, 0.6) is 0 Å². The van der Waals surface area contributed by atoms with Crippen LogP contribution in [0.4, 0.5) is 8.78 Å². The van der Waals surface area contributed by atoms with E-state index in [0.29, 0.717) is 5.92 Å². The van der Waals surface area contributed by atoms with Gasteiger partial charge in [-0.2, -0.15) is 0 Å². The first-order valence-electron chi connectivity index (χ1n) is 12.3. The van der Waals surface area contributed by atoms with Crippen molar-refractivity contribution in [1.29, 1.82) is 0 Å². The lowest BCUT2D eigenvalue weighted by Gasteiger charge is -2.31. The summed E-state index contributed by atoms with van der Waals surface area (Å²) in [5, 5.41) is 3.18. The maximum Gasteiger partial charge on any atom is 0.278 e. The van der Waals surface area contributed by atoms with Gasteiger partial charge in [-0.05, 0) is 64.5 Å². The molecule has 0 heterocycles. The Morgan fingerprint density at radius 2 is 1.70 bits per heavy atom. The van der Waals surface area contributed by atoms with Gasteiger partial charge in [0.05, 0.1) is 45.6 Å². The summed E-state index contributed by atoms with van der Waals surface area (Å²) in [6.07, 6.45) is 0.323. The molecule has 0 aliphatic heterocycles. The third kappa shape index (κ3) is 9.66. The summed E-state index contributed by atoms with van der Waals surface area (Å²) in [6.45, 7) is 6.79. The predicted octanol–water partition coefficient (Wildman–Crippen LogP) is 6.12. The Morgan fingerprint density at radius 1 is 1.14 bits per heavy atom. The Kier molecular flexibility index (Phi) is 12.1. The molecule has 0 saturated heterocycles. The van der Waals surface area contributed by atoms with Crippen molar-refractivity contribution in [1.82, 2.24) is 10.2 Å². The van der Waals surface area contributed by atoms with Crippen molar-refractivity contribution >= 4 is 46.5 Å². The highest BCUT2D eigenvalue weighted by molar-refractivity contribution is 6.42. The number of nitrogens with one attached hydrogen (secondary N) is 1. The van der Waals surface area contributed by atoms with Gasteiger partial charge >= 0.3 is 0 Å². The normalized spacial score (nSPS) is 19.0. The molecule has 1 aromatic rings. The maximum absolute atomic E-state index is 14.2. The van der Waals surface area contributed by atoms with E-state index >= 15 is 0 Å². The van der Waals surface area contributed by atoms with E-state index in [0.717, 1.165) is 30.6 Å². The molecular weight excluding hydrogens is 547 g/mol. The molecule has 1 aliphatic carbocycles. The van der Waals surface area contributed by atoms with Gasteiger partial charge in [0.1, 0.15) is 0 Å². The van der Waals surface area contributed by atoms with Crippen molar-refractivity contribution < 1.29 is 23.1 Å². The van der Waals surface area contributed by atoms with Gasteiger partial charge in [0, 0.05) is 24.2 Å². The monoisotopic (exact) mass is 581 g/mol. The number of amides is 1. The molecular formula is C26H36Cl3F2N3O3. The van der Waals surface area contributed by atoms with E-state index in [2.05, 4.69) is 12.2 Å². The average Bonchev–Trinajstić information content (AvgIpc) is 2.77. The summed E-state index contributed by atoms with van der Waals surface area (Å²) in [7, 11) is 0. The van der Waals surface area contributed by atoms with Crippen molar-refractivity contribution in [2.45, 2.75) is 71.4 Å². The lowest BCUT2D eigenvalue weighted by atomic mass is 9.87. The third-order valence-corrected chi connectivity index (χ3v) is 7.00. The van der Waals surface area contributed by atoms with Crippen LogP contribution in [0.25, 0.3) is 0 Å². The van der Waals surface area contributed by atoms with Gasteiger partial charge in [-0.3, -0.25) is 9.59 Å². The Labute approximate surface area is 232 Å². The molecule has 2 rings (SSSR count). The summed E-state index contributed by atoms with van der Waals surface area (Å²) in [5.74, 6) is -0.815. The molecule has 0 aromatic heterocycles. The van der Waals surface area contributed by atoms with E-state index < -0.39 is 42.5 Å². The Hall–Kier alpha value is -1.45. The molecule has 0 unspecified atom stereocenters. The number of hydrogen-bond acceptors (Lipinski definition) is 5. The zero-order valence-corrected chi connectivity index (χ0v) is 24.0. The first-order valence-corrected chi connectivity index (χ1v) is 13.5. The van der Waals surface area contributed by atoms with Crippen LogP contribution in [-0.2, 0) is 9.53 Å². The van der Waals surface area contributed by atoms with Crippen LogP contribution in [0.15, 0.2) is 23.4 Å². The third-order valence-electron chi connectivity index (χ3n) is 6.18. The predicted molar refractivity (Wildman–Crippen MR) is 145 cm³/mol. The molecule has 3 N–H and O–H groups in total. The molecule has 1 saturated carbocycles. The molecule has 0 bridgehead atoms. The fourth-order valence-corrected chi connectivity index (χ4v) is 5.21. The molecule has 0 atom stereocenters. The van der Waals surface area contributed by atoms with Gasteiger partial charge in [-0.25, -0.2) is 8.78 Å². The van der Waals surface area contributed by atoms with Crippen LogP contribution in [0, 0.1) is 5.92 Å². The largest absolute Gasteiger partial charge is 0.381 e. The number of halogens is 5. The fraction of sp³-hybridized carbons (Fsp3) is 0.615. The first-order chi connectivity index (χ1) is 17.2. The number of nitrogens with two attached hydrogens (primary N) is 1. The summed E-state index contributed by atoms with van der Waals surface area (Å²) in [6, 6.07) is 2.55. The van der Waals surface area contributed by atoms with Crippen LogP contribution >= 0.6 is 34.8 Å². The van der Waals surface area contributed by atoms with Gasteiger partial charge in [0.15, 0.2) is 5.78 Å². The number of Topliss-reactive ketones (excluding diaryl/α,β-unsaturated/α-hetero) is 1. The lowest BCUT2D eigenvalue weighted by Crippen LogP contribution is -2.44. The van der Waals surface area contributed by atoms with E-state index in [1.807, 2.05) is 20.8 Å². The second-order valence-electron chi connectivity index (χ2n) is 10.4. The number of alkyl halides is 2. The summed E-state index contributed by atoms with van der Waals surface area (Å²) in [4.78, 5) is 27.9. The highest BCUT2D eigenvalue weighted by atomic mass is 35.5. The van der Waals surface area contributed by atoms with Crippen molar-refractivity contribution in [2.75, 3.05) is 26.2 Å².